The fraction of sp³-hybridized carbons (Fsp3) is 0.700. The normalized spacial score (nSPS) is 20.6. The smallest absolute Gasteiger partial charge is 0.228 e. The van der Waals surface area contributed by atoms with Crippen LogP contribution in [0.3, 0.4) is 0 Å². The van der Waals surface area contributed by atoms with Crippen molar-refractivity contribution in [1.82, 2.24) is 20.8 Å². The lowest BCUT2D eigenvalue weighted by molar-refractivity contribution is -0.125. The van der Waals surface area contributed by atoms with Crippen molar-refractivity contribution < 1.29 is 9.32 Å². The van der Waals surface area contributed by atoms with Crippen molar-refractivity contribution in [1.29, 1.82) is 0 Å². The molecule has 0 bridgehead atoms. The third-order valence-corrected chi connectivity index (χ3v) is 2.71. The fourth-order valence-electron chi connectivity index (χ4n) is 1.82. The number of nitrogens with zero attached hydrogens (tertiary/aromatic N) is 2. The third kappa shape index (κ3) is 3.03. The average molecular weight is 224 g/mol. The quantitative estimate of drug-likeness (QED) is 0.735. The van der Waals surface area contributed by atoms with Gasteiger partial charge in [0.15, 0.2) is 6.33 Å². The summed E-state index contributed by atoms with van der Waals surface area (Å²) >= 11 is 0. The van der Waals surface area contributed by atoms with Gasteiger partial charge < -0.3 is 15.2 Å². The molecule has 1 aliphatic heterocycles. The van der Waals surface area contributed by atoms with Gasteiger partial charge in [-0.05, 0) is 19.4 Å². The largest absolute Gasteiger partial charge is 0.355 e. The summed E-state index contributed by atoms with van der Waals surface area (Å²) in [4.78, 5) is 15.6. The Balaban J connectivity index is 1.67. The molecule has 1 aromatic heterocycles. The molecule has 16 heavy (non-hydrogen) atoms. The summed E-state index contributed by atoms with van der Waals surface area (Å²) in [5.41, 5.74) is 0. The van der Waals surface area contributed by atoms with Crippen LogP contribution in [-0.2, 0) is 11.2 Å². The summed E-state index contributed by atoms with van der Waals surface area (Å²) in [5, 5.41) is 9.60. The van der Waals surface area contributed by atoms with E-state index < -0.39 is 0 Å². The van der Waals surface area contributed by atoms with Gasteiger partial charge in [0.05, 0.1) is 5.92 Å². The van der Waals surface area contributed by atoms with Crippen LogP contribution in [0.1, 0.15) is 18.7 Å². The Bertz CT molecular complexity index is 320. The maximum atomic E-state index is 11.7. The van der Waals surface area contributed by atoms with Crippen LogP contribution in [0.25, 0.3) is 0 Å². The number of amides is 1. The van der Waals surface area contributed by atoms with E-state index in [0.29, 0.717) is 18.9 Å². The molecule has 6 heteroatoms. The number of rotatable bonds is 4. The van der Waals surface area contributed by atoms with Crippen LogP contribution >= 0.6 is 0 Å². The third-order valence-electron chi connectivity index (χ3n) is 2.71. The van der Waals surface area contributed by atoms with Gasteiger partial charge in [-0.25, -0.2) is 0 Å². The summed E-state index contributed by atoms with van der Waals surface area (Å²) in [7, 11) is 0. The Morgan fingerprint density at radius 2 is 2.62 bits per heavy atom. The molecule has 0 radical (unpaired) electrons. The predicted molar refractivity (Wildman–Crippen MR) is 56.6 cm³/mol. The molecule has 1 atom stereocenters. The number of hydrogen-bond acceptors (Lipinski definition) is 5. The van der Waals surface area contributed by atoms with Crippen LogP contribution in [0.15, 0.2) is 10.9 Å². The highest BCUT2D eigenvalue weighted by molar-refractivity contribution is 5.78. The summed E-state index contributed by atoms with van der Waals surface area (Å²) < 4.78 is 4.84. The molecule has 1 saturated heterocycles. The molecule has 6 nitrogen and oxygen atoms in total. The van der Waals surface area contributed by atoms with Crippen molar-refractivity contribution in [2.45, 2.75) is 19.3 Å². The molecule has 1 aliphatic rings. The van der Waals surface area contributed by atoms with Gasteiger partial charge in [-0.15, -0.1) is 0 Å². The van der Waals surface area contributed by atoms with Gasteiger partial charge in [0.2, 0.25) is 11.8 Å². The van der Waals surface area contributed by atoms with Crippen LogP contribution in [0, 0.1) is 5.92 Å². The Morgan fingerprint density at radius 1 is 1.69 bits per heavy atom. The molecule has 2 rings (SSSR count). The highest BCUT2D eigenvalue weighted by atomic mass is 16.5. The van der Waals surface area contributed by atoms with Crippen LogP contribution in [0.5, 0.6) is 0 Å². The maximum absolute atomic E-state index is 11.7. The summed E-state index contributed by atoms with van der Waals surface area (Å²) in [6.45, 7) is 2.36. The van der Waals surface area contributed by atoms with E-state index in [1.165, 1.54) is 6.33 Å². The van der Waals surface area contributed by atoms with Crippen LogP contribution in [0.2, 0.25) is 0 Å². The number of carbonyl (C=O) groups is 1. The van der Waals surface area contributed by atoms with Gasteiger partial charge in [-0.3, -0.25) is 4.79 Å². The van der Waals surface area contributed by atoms with E-state index >= 15 is 0 Å². The standard InChI is InChI=1S/C10H16N4O2/c15-10(8-2-1-4-11-6-8)12-5-3-9-13-7-14-16-9/h7-8,11H,1-6H2,(H,12,15). The molecule has 2 N–H and O–H groups in total. The van der Waals surface area contributed by atoms with E-state index in [1.807, 2.05) is 0 Å². The predicted octanol–water partition coefficient (Wildman–Crippen LogP) is -0.272. The molecule has 1 fully saturated rings. The molecule has 0 aromatic carbocycles. The summed E-state index contributed by atoms with van der Waals surface area (Å²) in [5.74, 6) is 0.783. The molecule has 88 valence electrons. The highest BCUT2D eigenvalue weighted by Gasteiger charge is 2.20. The minimum Gasteiger partial charge on any atom is -0.355 e. The zero-order chi connectivity index (χ0) is 11.2. The Morgan fingerprint density at radius 3 is 3.31 bits per heavy atom. The minimum atomic E-state index is 0.108. The lowest BCUT2D eigenvalue weighted by atomic mass is 9.99. The van der Waals surface area contributed by atoms with Crippen molar-refractivity contribution in [2.75, 3.05) is 19.6 Å². The molecule has 0 aliphatic carbocycles. The van der Waals surface area contributed by atoms with Gasteiger partial charge in [0, 0.05) is 19.5 Å². The first-order valence-corrected chi connectivity index (χ1v) is 5.60. The van der Waals surface area contributed by atoms with Crippen molar-refractivity contribution in [3.8, 4) is 0 Å². The van der Waals surface area contributed by atoms with Crippen molar-refractivity contribution in [3.05, 3.63) is 12.2 Å². The number of piperidine rings is 1. The van der Waals surface area contributed by atoms with Crippen molar-refractivity contribution in [2.24, 2.45) is 5.92 Å². The van der Waals surface area contributed by atoms with Gasteiger partial charge in [0.1, 0.15) is 0 Å². The lowest BCUT2D eigenvalue weighted by Gasteiger charge is -2.21. The SMILES string of the molecule is O=C(NCCc1ncno1)C1CCCNC1. The number of nitrogens with one attached hydrogen (secondary N) is 2. The molecule has 1 amide bonds. The first-order chi connectivity index (χ1) is 7.86. The molecular formula is C10H16N4O2. The van der Waals surface area contributed by atoms with Crippen LogP contribution < -0.4 is 10.6 Å². The van der Waals surface area contributed by atoms with E-state index in [-0.39, 0.29) is 11.8 Å². The Hall–Kier alpha value is -1.43. The number of aromatic nitrogens is 2. The molecule has 0 spiro atoms. The molecule has 1 aromatic rings. The molecule has 1 unspecified atom stereocenters. The fourth-order valence-corrected chi connectivity index (χ4v) is 1.82. The first kappa shape index (κ1) is 11.1. The summed E-state index contributed by atoms with van der Waals surface area (Å²) in [6, 6.07) is 0. The summed E-state index contributed by atoms with van der Waals surface area (Å²) in [6.07, 6.45) is 4.00. The monoisotopic (exact) mass is 224 g/mol. The van der Waals surface area contributed by atoms with Gasteiger partial charge in [-0.2, -0.15) is 4.98 Å². The van der Waals surface area contributed by atoms with Crippen LogP contribution in [0.4, 0.5) is 0 Å². The van der Waals surface area contributed by atoms with E-state index in [2.05, 4.69) is 20.8 Å². The van der Waals surface area contributed by atoms with Crippen LogP contribution in [-0.4, -0.2) is 35.7 Å². The van der Waals surface area contributed by atoms with Gasteiger partial charge in [0.25, 0.3) is 0 Å². The minimum absolute atomic E-state index is 0.108. The second kappa shape index (κ2) is 5.60. The van der Waals surface area contributed by atoms with E-state index in [9.17, 15) is 4.79 Å². The zero-order valence-electron chi connectivity index (χ0n) is 9.11. The second-order valence-corrected chi connectivity index (χ2v) is 3.92. The van der Waals surface area contributed by atoms with E-state index in [1.54, 1.807) is 0 Å². The van der Waals surface area contributed by atoms with Gasteiger partial charge in [-0.1, -0.05) is 5.16 Å². The lowest BCUT2D eigenvalue weighted by Crippen LogP contribution is -2.41. The maximum Gasteiger partial charge on any atom is 0.228 e. The molecular weight excluding hydrogens is 208 g/mol. The molecule has 2 heterocycles. The van der Waals surface area contributed by atoms with Crippen molar-refractivity contribution in [3.63, 3.8) is 0 Å². The van der Waals surface area contributed by atoms with E-state index in [4.69, 9.17) is 4.52 Å². The topological polar surface area (TPSA) is 80.1 Å². The second-order valence-electron chi connectivity index (χ2n) is 3.92. The molecule has 0 saturated carbocycles. The average Bonchev–Trinajstić information content (AvgIpc) is 2.83. The first-order valence-electron chi connectivity index (χ1n) is 5.60. The zero-order valence-corrected chi connectivity index (χ0v) is 9.11. The Labute approximate surface area is 93.8 Å². The highest BCUT2D eigenvalue weighted by Crippen LogP contribution is 2.09. The number of hydrogen-bond donors (Lipinski definition) is 2. The van der Waals surface area contributed by atoms with Gasteiger partial charge >= 0.3 is 0 Å². The Kier molecular flexibility index (Phi) is 3.87. The van der Waals surface area contributed by atoms with Crippen molar-refractivity contribution >= 4 is 5.91 Å². The number of carbonyl (C=O) groups excluding carboxylic acids is 1. The van der Waals surface area contributed by atoms with E-state index in [0.717, 1.165) is 25.9 Å².